The van der Waals surface area contributed by atoms with E-state index in [1.54, 1.807) is 0 Å². The van der Waals surface area contributed by atoms with Crippen LogP contribution in [-0.4, -0.2) is 20.6 Å². The van der Waals surface area contributed by atoms with E-state index in [4.69, 9.17) is 0 Å². The summed E-state index contributed by atoms with van der Waals surface area (Å²) in [5.74, 6) is -0.925. The molecular weight excluding hydrogens is 305 g/mol. The Morgan fingerprint density at radius 1 is 1.41 bits per heavy atom. The lowest BCUT2D eigenvalue weighted by molar-refractivity contribution is -0.385. The van der Waals surface area contributed by atoms with Gasteiger partial charge in [0.15, 0.2) is 0 Å². The number of carbonyl (C=O) groups is 1. The number of nitro groups is 1. The highest BCUT2D eigenvalue weighted by Crippen LogP contribution is 2.31. The third kappa shape index (κ3) is 3.05. The van der Waals surface area contributed by atoms with Crippen molar-refractivity contribution < 1.29 is 22.9 Å². The lowest BCUT2D eigenvalue weighted by Gasteiger charge is -2.09. The van der Waals surface area contributed by atoms with E-state index in [2.05, 4.69) is 10.4 Å². The number of alkyl halides is 3. The number of aromatic nitrogens is 2. The quantitative estimate of drug-likeness (QED) is 0.696. The van der Waals surface area contributed by atoms with Crippen LogP contribution in [0.3, 0.4) is 0 Å². The minimum atomic E-state index is -4.56. The standard InChI is InChI=1S/C12H9F3N4O3/c1-18-10(9(6-16-18)19(21)22)11(20)17-8-4-2-3-7(5-8)12(13,14)15/h2-6H,1H3,(H,17,20). The fourth-order valence-electron chi connectivity index (χ4n) is 1.79. The van der Waals surface area contributed by atoms with E-state index in [-0.39, 0.29) is 11.4 Å². The van der Waals surface area contributed by atoms with E-state index in [9.17, 15) is 28.1 Å². The molecule has 0 saturated heterocycles. The molecule has 0 aliphatic heterocycles. The number of aryl methyl sites for hydroxylation is 1. The monoisotopic (exact) mass is 314 g/mol. The molecule has 0 aliphatic rings. The number of carbonyl (C=O) groups excluding carboxylic acids is 1. The molecule has 1 amide bonds. The zero-order valence-corrected chi connectivity index (χ0v) is 11.1. The molecule has 2 rings (SSSR count). The first-order valence-electron chi connectivity index (χ1n) is 5.85. The molecule has 0 fully saturated rings. The van der Waals surface area contributed by atoms with Crippen molar-refractivity contribution in [2.75, 3.05) is 5.32 Å². The highest BCUT2D eigenvalue weighted by atomic mass is 19.4. The number of rotatable bonds is 3. The lowest BCUT2D eigenvalue weighted by atomic mass is 10.2. The third-order valence-corrected chi connectivity index (χ3v) is 2.78. The molecule has 7 nitrogen and oxygen atoms in total. The van der Waals surface area contributed by atoms with Crippen molar-refractivity contribution in [2.24, 2.45) is 7.05 Å². The van der Waals surface area contributed by atoms with Crippen molar-refractivity contribution in [1.29, 1.82) is 0 Å². The molecule has 0 radical (unpaired) electrons. The largest absolute Gasteiger partial charge is 0.416 e. The summed E-state index contributed by atoms with van der Waals surface area (Å²) in [6, 6.07) is 3.95. The van der Waals surface area contributed by atoms with Gasteiger partial charge in [-0.3, -0.25) is 19.6 Å². The van der Waals surface area contributed by atoms with E-state index < -0.39 is 28.3 Å². The molecule has 0 aliphatic carbocycles. The Labute approximate surface area is 121 Å². The van der Waals surface area contributed by atoms with E-state index in [0.29, 0.717) is 0 Å². The minimum absolute atomic E-state index is 0.129. The molecule has 0 spiro atoms. The van der Waals surface area contributed by atoms with Gasteiger partial charge in [0, 0.05) is 12.7 Å². The van der Waals surface area contributed by atoms with Crippen LogP contribution in [0, 0.1) is 10.1 Å². The van der Waals surface area contributed by atoms with Gasteiger partial charge in [-0.05, 0) is 18.2 Å². The Kier molecular flexibility index (Phi) is 3.85. The Hall–Kier alpha value is -2.91. The van der Waals surface area contributed by atoms with Crippen LogP contribution in [0.5, 0.6) is 0 Å². The molecule has 10 heteroatoms. The molecule has 0 bridgehead atoms. The van der Waals surface area contributed by atoms with Crippen molar-refractivity contribution >= 4 is 17.3 Å². The molecular formula is C12H9F3N4O3. The van der Waals surface area contributed by atoms with Crippen LogP contribution in [0.25, 0.3) is 0 Å². The molecule has 116 valence electrons. The van der Waals surface area contributed by atoms with Gasteiger partial charge in [0.25, 0.3) is 5.91 Å². The normalized spacial score (nSPS) is 11.3. The maximum absolute atomic E-state index is 12.6. The van der Waals surface area contributed by atoms with Crippen LogP contribution >= 0.6 is 0 Å². The number of halogens is 3. The Morgan fingerprint density at radius 3 is 2.68 bits per heavy atom. The predicted octanol–water partition coefficient (Wildman–Crippen LogP) is 2.60. The van der Waals surface area contributed by atoms with Crippen LogP contribution in [0.15, 0.2) is 30.5 Å². The van der Waals surface area contributed by atoms with Crippen LogP contribution in [0.1, 0.15) is 16.1 Å². The van der Waals surface area contributed by atoms with E-state index >= 15 is 0 Å². The van der Waals surface area contributed by atoms with Crippen LogP contribution in [-0.2, 0) is 13.2 Å². The number of anilines is 1. The van der Waals surface area contributed by atoms with Gasteiger partial charge in [0.05, 0.1) is 10.5 Å². The Morgan fingerprint density at radius 2 is 2.09 bits per heavy atom. The zero-order valence-electron chi connectivity index (χ0n) is 11.1. The van der Waals surface area contributed by atoms with Crippen molar-refractivity contribution in [3.63, 3.8) is 0 Å². The van der Waals surface area contributed by atoms with Crippen molar-refractivity contribution in [3.8, 4) is 0 Å². The maximum Gasteiger partial charge on any atom is 0.416 e. The first kappa shape index (κ1) is 15.5. The SMILES string of the molecule is Cn1ncc([N+](=O)[O-])c1C(=O)Nc1cccc(C(F)(F)F)c1. The summed E-state index contributed by atoms with van der Waals surface area (Å²) in [5.41, 5.74) is -1.96. The summed E-state index contributed by atoms with van der Waals surface area (Å²) in [6.07, 6.45) is -3.67. The van der Waals surface area contributed by atoms with Gasteiger partial charge in [-0.2, -0.15) is 18.3 Å². The molecule has 0 saturated carbocycles. The number of hydrogen-bond acceptors (Lipinski definition) is 4. The summed E-state index contributed by atoms with van der Waals surface area (Å²) in [5, 5.41) is 16.6. The van der Waals surface area contributed by atoms with E-state index in [0.717, 1.165) is 29.1 Å². The van der Waals surface area contributed by atoms with Crippen LogP contribution in [0.2, 0.25) is 0 Å². The van der Waals surface area contributed by atoms with Crippen molar-refractivity contribution in [3.05, 3.63) is 51.8 Å². The van der Waals surface area contributed by atoms with E-state index in [1.165, 1.54) is 13.1 Å². The van der Waals surface area contributed by atoms with Gasteiger partial charge in [-0.1, -0.05) is 6.07 Å². The third-order valence-electron chi connectivity index (χ3n) is 2.78. The smallest absolute Gasteiger partial charge is 0.320 e. The summed E-state index contributed by atoms with van der Waals surface area (Å²) in [6.45, 7) is 0. The number of nitrogens with one attached hydrogen (secondary N) is 1. The second-order valence-corrected chi connectivity index (χ2v) is 4.29. The molecule has 1 N–H and O–H groups in total. The molecule has 1 aromatic carbocycles. The van der Waals surface area contributed by atoms with Gasteiger partial charge in [0.1, 0.15) is 6.20 Å². The Bertz CT molecular complexity index is 739. The molecule has 0 unspecified atom stereocenters. The Balaban J connectivity index is 2.30. The maximum atomic E-state index is 12.6. The number of benzene rings is 1. The minimum Gasteiger partial charge on any atom is -0.320 e. The molecule has 1 heterocycles. The lowest BCUT2D eigenvalue weighted by Crippen LogP contribution is -2.18. The molecule has 0 atom stereocenters. The van der Waals surface area contributed by atoms with Gasteiger partial charge < -0.3 is 5.32 Å². The first-order valence-corrected chi connectivity index (χ1v) is 5.85. The predicted molar refractivity (Wildman–Crippen MR) is 69.3 cm³/mol. The number of hydrogen-bond donors (Lipinski definition) is 1. The molecule has 22 heavy (non-hydrogen) atoms. The topological polar surface area (TPSA) is 90.1 Å². The number of nitrogens with zero attached hydrogens (tertiary/aromatic N) is 3. The van der Waals surface area contributed by atoms with Crippen LogP contribution in [0.4, 0.5) is 24.5 Å². The fourth-order valence-corrected chi connectivity index (χ4v) is 1.79. The summed E-state index contributed by atoms with van der Waals surface area (Å²) in [7, 11) is 1.31. The summed E-state index contributed by atoms with van der Waals surface area (Å²) in [4.78, 5) is 22.0. The van der Waals surface area contributed by atoms with Crippen LogP contribution < -0.4 is 5.32 Å². The summed E-state index contributed by atoms with van der Waals surface area (Å²) >= 11 is 0. The summed E-state index contributed by atoms with van der Waals surface area (Å²) < 4.78 is 38.8. The van der Waals surface area contributed by atoms with Gasteiger partial charge >= 0.3 is 11.9 Å². The average Bonchev–Trinajstić information content (AvgIpc) is 2.80. The zero-order chi connectivity index (χ0) is 16.5. The van der Waals surface area contributed by atoms with Gasteiger partial charge in [-0.25, -0.2) is 0 Å². The molecule has 2 aromatic rings. The second kappa shape index (κ2) is 5.47. The van der Waals surface area contributed by atoms with Crippen molar-refractivity contribution in [2.45, 2.75) is 6.18 Å². The van der Waals surface area contributed by atoms with E-state index in [1.807, 2.05) is 0 Å². The number of amides is 1. The highest BCUT2D eigenvalue weighted by Gasteiger charge is 2.31. The van der Waals surface area contributed by atoms with Gasteiger partial charge in [0.2, 0.25) is 5.69 Å². The average molecular weight is 314 g/mol. The second-order valence-electron chi connectivity index (χ2n) is 4.29. The first-order chi connectivity index (χ1) is 10.2. The van der Waals surface area contributed by atoms with Gasteiger partial charge in [-0.15, -0.1) is 0 Å². The molecule has 1 aromatic heterocycles. The fraction of sp³-hybridized carbons (Fsp3) is 0.167. The van der Waals surface area contributed by atoms with Crippen molar-refractivity contribution in [1.82, 2.24) is 9.78 Å². The highest BCUT2D eigenvalue weighted by molar-refractivity contribution is 6.05.